The molecule has 0 spiro atoms. The summed E-state index contributed by atoms with van der Waals surface area (Å²) in [5.74, 6) is -0.190. The number of hydrogen-bond acceptors (Lipinski definition) is 13. The number of nitrogens with one attached hydrogen (secondary N) is 2. The predicted octanol–water partition coefficient (Wildman–Crippen LogP) is -1.79. The monoisotopic (exact) mass is 624 g/mol. The lowest BCUT2D eigenvalue weighted by Gasteiger charge is -2.46. The van der Waals surface area contributed by atoms with Crippen molar-refractivity contribution >= 4 is 23.6 Å². The van der Waals surface area contributed by atoms with E-state index in [4.69, 9.17) is 18.9 Å². The largest absolute Gasteiger partial charge is 0.497 e. The number of aliphatic hydroxyl groups excluding tert-OH is 6. The van der Waals surface area contributed by atoms with E-state index in [1.807, 2.05) is 0 Å². The maximum Gasteiger partial charge on any atom is 0.251 e. The Morgan fingerprint density at radius 1 is 0.674 bits per heavy atom. The van der Waals surface area contributed by atoms with Gasteiger partial charge in [0, 0.05) is 11.1 Å². The average Bonchev–Trinajstić information content (AvgIpc) is 3.03. The van der Waals surface area contributed by atoms with Gasteiger partial charge < -0.3 is 60.2 Å². The van der Waals surface area contributed by atoms with Crippen LogP contribution in [0.5, 0.6) is 11.5 Å². The average molecular weight is 625 g/mol. The van der Waals surface area contributed by atoms with E-state index < -0.39 is 84.6 Å². The molecule has 0 bridgehead atoms. The van der Waals surface area contributed by atoms with Crippen molar-refractivity contribution in [2.24, 2.45) is 0 Å². The molecule has 0 aliphatic carbocycles. The van der Waals surface area contributed by atoms with Gasteiger partial charge in [-0.05, 0) is 48.5 Å². The number of carbonyl (C=O) groups excluding carboxylic acids is 2. The van der Waals surface area contributed by atoms with Crippen molar-refractivity contribution in [1.82, 2.24) is 10.6 Å². The quantitative estimate of drug-likeness (QED) is 0.147. The van der Waals surface area contributed by atoms with E-state index >= 15 is 0 Å². The summed E-state index contributed by atoms with van der Waals surface area (Å²) in [4.78, 5) is 25.8. The maximum absolute atomic E-state index is 12.9. The highest BCUT2D eigenvalue weighted by Gasteiger charge is 2.50. The van der Waals surface area contributed by atoms with Crippen LogP contribution in [0.4, 0.5) is 0 Å². The van der Waals surface area contributed by atoms with Gasteiger partial charge in [-0.25, -0.2) is 0 Å². The number of amides is 2. The van der Waals surface area contributed by atoms with Crippen molar-refractivity contribution in [2.75, 3.05) is 27.4 Å². The van der Waals surface area contributed by atoms with Crippen LogP contribution in [0.15, 0.2) is 48.5 Å². The summed E-state index contributed by atoms with van der Waals surface area (Å²) in [5, 5.41) is 68.6. The third-order valence-corrected chi connectivity index (χ3v) is 8.65. The standard InChI is InChI=1S/C28H36N2O12S/c1-39-15-7-3-13(4-8-15)25(37)29-19-21(33)17(11-31)41-27(23(19)35)43-28-24(36)20(22(34)18(12-32)42-28)30-26(38)14-5-9-16(40-2)10-6-14/h3-10,17-24,27-28,31-36H,11-12H2,1-2H3,(H,29,37)(H,30,38)/t17-,18+,19-,20?,21-,22-,23+,24?,27?,28?/m0/s1. The SMILES string of the molecule is COc1ccc(C(=O)NC2C(O)C(SC3O[C@@H](CO)[C@H](O)[C@H](NC(=O)c4ccc(OC)cc4)[C@H]3O)O[C@H](CO)[C@@H]2O)cc1. The van der Waals surface area contributed by atoms with Gasteiger partial charge >= 0.3 is 0 Å². The van der Waals surface area contributed by atoms with Crippen molar-refractivity contribution in [1.29, 1.82) is 0 Å². The number of hydrogen-bond donors (Lipinski definition) is 8. The van der Waals surface area contributed by atoms with Crippen LogP contribution in [0.25, 0.3) is 0 Å². The summed E-state index contributed by atoms with van der Waals surface area (Å²) in [7, 11) is 2.95. The molecule has 236 valence electrons. The van der Waals surface area contributed by atoms with Gasteiger partial charge in [0.15, 0.2) is 0 Å². The fraction of sp³-hybridized carbons (Fsp3) is 0.500. The Hall–Kier alpha value is -2.99. The second-order valence-corrected chi connectivity index (χ2v) is 11.2. The Morgan fingerprint density at radius 3 is 1.33 bits per heavy atom. The third-order valence-electron chi connectivity index (χ3n) is 7.34. The molecule has 0 radical (unpaired) electrons. The maximum atomic E-state index is 12.9. The second kappa shape index (κ2) is 14.7. The molecule has 2 aliphatic heterocycles. The van der Waals surface area contributed by atoms with Gasteiger partial charge in [-0.15, -0.1) is 0 Å². The molecule has 0 aromatic heterocycles. The Kier molecular flexibility index (Phi) is 11.2. The first-order chi connectivity index (χ1) is 20.6. The van der Waals surface area contributed by atoms with E-state index in [2.05, 4.69) is 10.6 Å². The van der Waals surface area contributed by atoms with E-state index in [1.165, 1.54) is 38.5 Å². The minimum Gasteiger partial charge on any atom is -0.497 e. The van der Waals surface area contributed by atoms with Crippen LogP contribution < -0.4 is 20.1 Å². The van der Waals surface area contributed by atoms with Crippen molar-refractivity contribution in [2.45, 2.75) is 59.6 Å². The highest BCUT2D eigenvalue weighted by atomic mass is 32.2. The molecule has 2 saturated heterocycles. The number of rotatable bonds is 10. The topological polar surface area (TPSA) is 216 Å². The van der Waals surface area contributed by atoms with Gasteiger partial charge in [0.25, 0.3) is 11.8 Å². The summed E-state index contributed by atoms with van der Waals surface area (Å²) in [6.07, 6.45) is -8.58. The first-order valence-corrected chi connectivity index (χ1v) is 14.4. The van der Waals surface area contributed by atoms with E-state index in [-0.39, 0.29) is 11.1 Å². The molecule has 2 amide bonds. The van der Waals surface area contributed by atoms with E-state index in [9.17, 15) is 40.2 Å². The lowest BCUT2D eigenvalue weighted by atomic mass is 9.96. The predicted molar refractivity (Wildman–Crippen MR) is 152 cm³/mol. The molecular weight excluding hydrogens is 588 g/mol. The van der Waals surface area contributed by atoms with Crippen LogP contribution in [0.1, 0.15) is 20.7 Å². The molecule has 2 aliphatic rings. The molecule has 15 heteroatoms. The first kappa shape index (κ1) is 32.9. The van der Waals surface area contributed by atoms with Crippen molar-refractivity contribution < 1.29 is 59.2 Å². The Balaban J connectivity index is 1.49. The molecule has 2 aromatic carbocycles. The number of thioether (sulfide) groups is 1. The highest BCUT2D eigenvalue weighted by Crippen LogP contribution is 2.37. The molecule has 2 fully saturated rings. The zero-order valence-corrected chi connectivity index (χ0v) is 24.2. The van der Waals surface area contributed by atoms with E-state index in [0.29, 0.717) is 11.5 Å². The Morgan fingerprint density at radius 2 is 1.02 bits per heavy atom. The van der Waals surface area contributed by atoms with Gasteiger partial charge in [-0.1, -0.05) is 11.8 Å². The van der Waals surface area contributed by atoms with Crippen LogP contribution >= 0.6 is 11.8 Å². The van der Waals surface area contributed by atoms with E-state index in [0.717, 1.165) is 11.8 Å². The van der Waals surface area contributed by atoms with Gasteiger partial charge in [0.05, 0.1) is 39.5 Å². The molecule has 4 rings (SSSR count). The van der Waals surface area contributed by atoms with Gasteiger partial charge in [-0.2, -0.15) is 0 Å². The lowest BCUT2D eigenvalue weighted by molar-refractivity contribution is -0.175. The fourth-order valence-corrected chi connectivity index (χ4v) is 6.17. The zero-order chi connectivity index (χ0) is 31.3. The van der Waals surface area contributed by atoms with Gasteiger partial charge in [0.2, 0.25) is 0 Å². The van der Waals surface area contributed by atoms with Crippen LogP contribution in [0.3, 0.4) is 0 Å². The number of methoxy groups -OCH3 is 2. The fourth-order valence-electron chi connectivity index (χ4n) is 4.83. The number of ether oxygens (including phenoxy) is 4. The van der Waals surface area contributed by atoms with Crippen LogP contribution in [0, 0.1) is 0 Å². The molecule has 0 saturated carbocycles. The Labute approximate surface area is 251 Å². The minimum atomic E-state index is -1.56. The second-order valence-electron chi connectivity index (χ2n) is 10.0. The Bertz CT molecular complexity index is 1130. The van der Waals surface area contributed by atoms with Gasteiger partial charge in [0.1, 0.15) is 59.0 Å². The van der Waals surface area contributed by atoms with Gasteiger partial charge in [-0.3, -0.25) is 9.59 Å². The van der Waals surface area contributed by atoms with Crippen molar-refractivity contribution in [3.63, 3.8) is 0 Å². The van der Waals surface area contributed by atoms with Crippen molar-refractivity contribution in [3.05, 3.63) is 59.7 Å². The summed E-state index contributed by atoms with van der Waals surface area (Å²) < 4.78 is 21.6. The zero-order valence-electron chi connectivity index (χ0n) is 23.3. The van der Waals surface area contributed by atoms with E-state index in [1.54, 1.807) is 24.3 Å². The normalized spacial score (nSPS) is 32.5. The van der Waals surface area contributed by atoms with Crippen LogP contribution in [0.2, 0.25) is 0 Å². The third kappa shape index (κ3) is 7.39. The molecular formula is C28H36N2O12S. The summed E-state index contributed by atoms with van der Waals surface area (Å²) in [6, 6.07) is 9.65. The molecule has 14 nitrogen and oxygen atoms in total. The summed E-state index contributed by atoms with van der Waals surface area (Å²) in [6.45, 7) is -1.32. The highest BCUT2D eigenvalue weighted by molar-refractivity contribution is 8.00. The summed E-state index contributed by atoms with van der Waals surface area (Å²) >= 11 is 0.739. The lowest BCUT2D eigenvalue weighted by Crippen LogP contribution is -2.66. The summed E-state index contributed by atoms with van der Waals surface area (Å²) in [5.41, 5.74) is -2.10. The van der Waals surface area contributed by atoms with Crippen LogP contribution in [-0.2, 0) is 9.47 Å². The number of carbonyl (C=O) groups is 2. The number of aliphatic hydroxyl groups is 6. The molecule has 2 aromatic rings. The molecule has 43 heavy (non-hydrogen) atoms. The molecule has 4 unspecified atom stereocenters. The minimum absolute atomic E-state index is 0.220. The van der Waals surface area contributed by atoms with Crippen molar-refractivity contribution in [3.8, 4) is 11.5 Å². The molecule has 8 N–H and O–H groups in total. The first-order valence-electron chi connectivity index (χ1n) is 13.4. The smallest absolute Gasteiger partial charge is 0.251 e. The number of benzene rings is 2. The molecule has 2 heterocycles. The molecule has 10 atom stereocenters. The van der Waals surface area contributed by atoms with Crippen LogP contribution in [-0.4, -0.2) is 129 Å².